The molecule has 114 valence electrons. The van der Waals surface area contributed by atoms with Crippen molar-refractivity contribution < 1.29 is 8.42 Å². The second kappa shape index (κ2) is 13.4. The molecule has 0 aromatic heterocycles. The van der Waals surface area contributed by atoms with Gasteiger partial charge in [-0.15, -0.1) is 0 Å². The molecule has 0 aliphatic rings. The van der Waals surface area contributed by atoms with E-state index in [2.05, 4.69) is 91.1 Å². The van der Waals surface area contributed by atoms with Gasteiger partial charge >= 0.3 is 11.6 Å². The molecule has 0 spiro atoms. The van der Waals surface area contributed by atoms with Crippen LogP contribution in [0.4, 0.5) is 0 Å². The van der Waals surface area contributed by atoms with Gasteiger partial charge in [0.1, 0.15) is 0 Å². The zero-order valence-corrected chi connectivity index (χ0v) is 17.0. The molecule has 0 saturated carbocycles. The standard InChI is InChI=1S/C8H9Br.C7H6Br2.O2S/c1-2-7-3-5-8(9)6-4-7;8-5-6-1-3-7(9)4-2-6;1-3-2/h3-6H,2H2,1H3;1-4H,5H2;. The Morgan fingerprint density at radius 1 is 0.810 bits per heavy atom. The average Bonchev–Trinajstić information content (AvgIpc) is 2.50. The van der Waals surface area contributed by atoms with Gasteiger partial charge in [-0.05, 0) is 41.8 Å². The smallest absolute Gasteiger partial charge is 0.168 e. The van der Waals surface area contributed by atoms with E-state index in [0.717, 1.165) is 20.7 Å². The first-order chi connectivity index (χ1) is 10.1. The summed E-state index contributed by atoms with van der Waals surface area (Å²) in [5.74, 6) is 0. The van der Waals surface area contributed by atoms with Gasteiger partial charge in [0, 0.05) is 14.3 Å². The minimum atomic E-state index is -0.750. The number of aryl methyl sites for hydroxylation is 1. The summed E-state index contributed by atoms with van der Waals surface area (Å²) in [5.41, 5.74) is 2.69. The highest BCUT2D eigenvalue weighted by Crippen LogP contribution is 2.12. The van der Waals surface area contributed by atoms with Gasteiger partial charge in [-0.25, -0.2) is 0 Å². The van der Waals surface area contributed by atoms with Crippen molar-refractivity contribution in [2.45, 2.75) is 18.7 Å². The quantitative estimate of drug-likeness (QED) is 0.499. The molecule has 0 aliphatic carbocycles. The van der Waals surface area contributed by atoms with E-state index in [1.54, 1.807) is 0 Å². The van der Waals surface area contributed by atoms with E-state index in [9.17, 15) is 0 Å². The van der Waals surface area contributed by atoms with Crippen molar-refractivity contribution in [2.24, 2.45) is 0 Å². The van der Waals surface area contributed by atoms with Crippen LogP contribution < -0.4 is 0 Å². The topological polar surface area (TPSA) is 34.1 Å². The molecule has 0 bridgehead atoms. The van der Waals surface area contributed by atoms with Crippen LogP contribution in [0.2, 0.25) is 0 Å². The van der Waals surface area contributed by atoms with Crippen molar-refractivity contribution in [3.63, 3.8) is 0 Å². The molecule has 6 heteroatoms. The summed E-state index contributed by atoms with van der Waals surface area (Å²) in [4.78, 5) is 0. The fraction of sp³-hybridized carbons (Fsp3) is 0.200. The summed E-state index contributed by atoms with van der Waals surface area (Å²) < 4.78 is 18.9. The number of rotatable bonds is 2. The lowest BCUT2D eigenvalue weighted by atomic mass is 10.2. The van der Waals surface area contributed by atoms with Crippen LogP contribution in [0.1, 0.15) is 18.1 Å². The summed E-state index contributed by atoms with van der Waals surface area (Å²) >= 11 is 9.35. The van der Waals surface area contributed by atoms with Crippen LogP contribution in [0.15, 0.2) is 57.5 Å². The molecule has 0 atom stereocenters. The number of hydrogen-bond acceptors (Lipinski definition) is 2. The van der Waals surface area contributed by atoms with Crippen LogP contribution in [0.25, 0.3) is 0 Å². The molecule has 0 amide bonds. The van der Waals surface area contributed by atoms with Crippen molar-refractivity contribution in [1.29, 1.82) is 0 Å². The summed E-state index contributed by atoms with van der Waals surface area (Å²) in [6.45, 7) is 2.16. The minimum absolute atomic E-state index is 0.750. The lowest BCUT2D eigenvalue weighted by molar-refractivity contribution is 0.630. The van der Waals surface area contributed by atoms with Crippen molar-refractivity contribution in [1.82, 2.24) is 0 Å². The van der Waals surface area contributed by atoms with Crippen molar-refractivity contribution in [3.8, 4) is 0 Å². The lowest BCUT2D eigenvalue weighted by Gasteiger charge is -1.93. The number of hydrogen-bond donors (Lipinski definition) is 0. The molecular weight excluding hydrogens is 484 g/mol. The summed E-state index contributed by atoms with van der Waals surface area (Å²) in [7, 11) is 0. The van der Waals surface area contributed by atoms with Gasteiger partial charge in [-0.3, -0.25) is 0 Å². The van der Waals surface area contributed by atoms with E-state index in [-0.39, 0.29) is 0 Å². The fourth-order valence-corrected chi connectivity index (χ4v) is 2.20. The number of alkyl halides is 1. The van der Waals surface area contributed by atoms with Crippen LogP contribution in [0.3, 0.4) is 0 Å². The van der Waals surface area contributed by atoms with Gasteiger partial charge in [-0.1, -0.05) is 79.0 Å². The number of benzene rings is 2. The maximum absolute atomic E-state index is 8.29. The molecular formula is C15H15Br3O2S. The van der Waals surface area contributed by atoms with Gasteiger partial charge in [0.2, 0.25) is 0 Å². The van der Waals surface area contributed by atoms with E-state index >= 15 is 0 Å². The van der Waals surface area contributed by atoms with E-state index in [0.29, 0.717) is 0 Å². The van der Waals surface area contributed by atoms with Crippen LogP contribution in [0, 0.1) is 0 Å². The Morgan fingerprint density at radius 2 is 1.14 bits per heavy atom. The lowest BCUT2D eigenvalue weighted by Crippen LogP contribution is -1.75. The van der Waals surface area contributed by atoms with Crippen LogP contribution >= 0.6 is 47.8 Å². The maximum Gasteiger partial charge on any atom is 0.335 e. The van der Waals surface area contributed by atoms with E-state index < -0.39 is 11.6 Å². The zero-order chi connectivity index (χ0) is 16.1. The van der Waals surface area contributed by atoms with E-state index in [1.807, 2.05) is 12.1 Å². The zero-order valence-electron chi connectivity index (χ0n) is 11.4. The Labute approximate surface area is 154 Å². The average molecular weight is 499 g/mol. The molecule has 2 nitrogen and oxygen atoms in total. The monoisotopic (exact) mass is 496 g/mol. The molecule has 0 N–H and O–H groups in total. The molecule has 0 radical (unpaired) electrons. The Morgan fingerprint density at radius 3 is 1.43 bits per heavy atom. The Bertz CT molecular complexity index is 490. The first-order valence-corrected chi connectivity index (χ1v) is 9.41. The third kappa shape index (κ3) is 11.0. The SMILES string of the molecule is BrCc1ccc(Br)cc1.CCc1ccc(Br)cc1.O=S=O. The second-order valence-corrected chi connectivity index (χ2v) is 6.34. The molecule has 2 aromatic rings. The van der Waals surface area contributed by atoms with Crippen LogP contribution in [-0.2, 0) is 23.3 Å². The van der Waals surface area contributed by atoms with Gasteiger partial charge in [0.15, 0.2) is 0 Å². The third-order valence-corrected chi connectivity index (χ3v) is 4.09. The Balaban J connectivity index is 0.000000322. The molecule has 0 fully saturated rings. The molecule has 21 heavy (non-hydrogen) atoms. The Hall–Kier alpha value is -0.300. The normalized spacial score (nSPS) is 8.76. The molecule has 0 heterocycles. The molecule has 0 saturated heterocycles. The molecule has 0 unspecified atom stereocenters. The highest BCUT2D eigenvalue weighted by atomic mass is 79.9. The van der Waals surface area contributed by atoms with Crippen molar-refractivity contribution in [3.05, 3.63) is 68.6 Å². The highest BCUT2D eigenvalue weighted by molar-refractivity contribution is 9.10. The molecule has 2 aromatic carbocycles. The van der Waals surface area contributed by atoms with E-state index in [4.69, 9.17) is 8.42 Å². The van der Waals surface area contributed by atoms with Crippen LogP contribution in [0.5, 0.6) is 0 Å². The fourth-order valence-electron chi connectivity index (χ4n) is 1.29. The van der Waals surface area contributed by atoms with Crippen LogP contribution in [-0.4, -0.2) is 8.42 Å². The maximum atomic E-state index is 8.29. The summed E-state index contributed by atoms with van der Waals surface area (Å²) in [6.07, 6.45) is 1.12. The predicted octanol–water partition coefficient (Wildman–Crippen LogP) is 5.69. The van der Waals surface area contributed by atoms with Gasteiger partial charge in [0.25, 0.3) is 0 Å². The van der Waals surface area contributed by atoms with Gasteiger partial charge in [-0.2, -0.15) is 8.42 Å². The predicted molar refractivity (Wildman–Crippen MR) is 99.2 cm³/mol. The third-order valence-electron chi connectivity index (χ3n) is 2.39. The highest BCUT2D eigenvalue weighted by Gasteiger charge is 1.87. The molecule has 0 aliphatic heterocycles. The van der Waals surface area contributed by atoms with Crippen molar-refractivity contribution in [2.75, 3.05) is 0 Å². The first-order valence-electron chi connectivity index (χ1n) is 6.04. The van der Waals surface area contributed by atoms with Crippen molar-refractivity contribution >= 4 is 59.4 Å². The summed E-state index contributed by atoms with van der Waals surface area (Å²) in [5, 5.41) is 0.931. The molecule has 2 rings (SSSR count). The van der Waals surface area contributed by atoms with E-state index in [1.165, 1.54) is 11.1 Å². The van der Waals surface area contributed by atoms with Gasteiger partial charge in [0.05, 0.1) is 0 Å². The second-order valence-electron chi connectivity index (χ2n) is 3.81. The van der Waals surface area contributed by atoms with Gasteiger partial charge < -0.3 is 0 Å². The summed E-state index contributed by atoms with van der Waals surface area (Å²) in [6, 6.07) is 16.6. The minimum Gasteiger partial charge on any atom is -0.168 e. The largest absolute Gasteiger partial charge is 0.335 e. The number of halogens is 3. The first kappa shape index (κ1) is 20.7. The Kier molecular flexibility index (Phi) is 13.2.